The van der Waals surface area contributed by atoms with Gasteiger partial charge in [0.2, 0.25) is 0 Å². The van der Waals surface area contributed by atoms with E-state index in [-0.39, 0.29) is 18.7 Å². The fraction of sp³-hybridized carbons (Fsp3) is 0.176. The number of nitrogens with two attached hydrogens (primary N) is 1. The third kappa shape index (κ3) is 4.04. The number of ether oxygens (including phenoxy) is 1. The maximum absolute atomic E-state index is 13.5. The molecule has 0 fully saturated rings. The predicted molar refractivity (Wildman–Crippen MR) is 77.8 cm³/mol. The lowest BCUT2D eigenvalue weighted by Gasteiger charge is -2.10. The molecular weight excluding hydrogens is 272 g/mol. The lowest BCUT2D eigenvalue weighted by atomic mass is 10.1. The molecule has 0 unspecified atom stereocenters. The Morgan fingerprint density at radius 1 is 1.14 bits per heavy atom. The fourth-order valence-corrected chi connectivity index (χ4v) is 1.82. The molecule has 0 aliphatic carbocycles. The highest BCUT2D eigenvalue weighted by molar-refractivity contribution is 5.48. The van der Waals surface area contributed by atoms with Gasteiger partial charge in [0.05, 0.1) is 12.1 Å². The summed E-state index contributed by atoms with van der Waals surface area (Å²) in [6.45, 7) is 2.11. The first kappa shape index (κ1) is 15.0. The van der Waals surface area contributed by atoms with E-state index >= 15 is 0 Å². The summed E-state index contributed by atoms with van der Waals surface area (Å²) in [7, 11) is 0. The molecule has 0 spiro atoms. The second-order valence-electron chi connectivity index (χ2n) is 4.53. The zero-order chi connectivity index (χ0) is 15.2. The van der Waals surface area contributed by atoms with Crippen LogP contribution in [0.5, 0.6) is 5.75 Å². The van der Waals surface area contributed by atoms with E-state index in [2.05, 4.69) is 11.8 Å². The van der Waals surface area contributed by atoms with Crippen molar-refractivity contribution in [2.24, 2.45) is 5.73 Å². The van der Waals surface area contributed by atoms with Gasteiger partial charge in [0.1, 0.15) is 24.0 Å². The van der Waals surface area contributed by atoms with E-state index in [9.17, 15) is 8.78 Å². The summed E-state index contributed by atoms with van der Waals surface area (Å²) in [5, 5.41) is 0. The first-order valence-electron chi connectivity index (χ1n) is 6.46. The molecule has 0 aliphatic heterocycles. The Balaban J connectivity index is 2.21. The molecule has 0 atom stereocenters. The van der Waals surface area contributed by atoms with Crippen LogP contribution in [0.4, 0.5) is 8.78 Å². The number of benzene rings is 2. The Bertz CT molecular complexity index is 702. The van der Waals surface area contributed by atoms with Gasteiger partial charge in [-0.05, 0) is 42.8 Å². The minimum atomic E-state index is -0.502. The van der Waals surface area contributed by atoms with Gasteiger partial charge < -0.3 is 10.5 Å². The van der Waals surface area contributed by atoms with E-state index in [1.807, 2.05) is 19.1 Å². The first-order valence-corrected chi connectivity index (χ1v) is 6.46. The van der Waals surface area contributed by atoms with Crippen LogP contribution in [0.1, 0.15) is 16.7 Å². The van der Waals surface area contributed by atoms with E-state index in [1.165, 1.54) is 0 Å². The van der Waals surface area contributed by atoms with E-state index in [1.54, 1.807) is 6.07 Å². The first-order chi connectivity index (χ1) is 10.1. The van der Waals surface area contributed by atoms with Crippen LogP contribution in [0.15, 0.2) is 36.4 Å². The summed E-state index contributed by atoms with van der Waals surface area (Å²) < 4.78 is 32.2. The zero-order valence-electron chi connectivity index (χ0n) is 11.6. The second kappa shape index (κ2) is 6.87. The Morgan fingerprint density at radius 2 is 1.95 bits per heavy atom. The molecule has 108 valence electrons. The fourth-order valence-electron chi connectivity index (χ4n) is 1.82. The monoisotopic (exact) mass is 287 g/mol. The molecule has 2 rings (SSSR count). The van der Waals surface area contributed by atoms with Crippen LogP contribution >= 0.6 is 0 Å². The molecule has 0 aromatic heterocycles. The number of rotatable bonds is 3. The van der Waals surface area contributed by atoms with Crippen LogP contribution in [0, 0.1) is 30.4 Å². The van der Waals surface area contributed by atoms with Crippen molar-refractivity contribution in [2.45, 2.75) is 13.5 Å². The van der Waals surface area contributed by atoms with Crippen molar-refractivity contribution in [3.05, 3.63) is 64.7 Å². The van der Waals surface area contributed by atoms with Gasteiger partial charge in [-0.2, -0.15) is 0 Å². The number of hydrogen-bond acceptors (Lipinski definition) is 2. The highest BCUT2D eigenvalue weighted by atomic mass is 19.1. The average Bonchev–Trinajstić information content (AvgIpc) is 2.47. The largest absolute Gasteiger partial charge is 0.487 e. The molecule has 0 amide bonds. The van der Waals surface area contributed by atoms with Gasteiger partial charge in [-0.1, -0.05) is 17.9 Å². The van der Waals surface area contributed by atoms with Gasteiger partial charge in [-0.15, -0.1) is 0 Å². The van der Waals surface area contributed by atoms with Crippen molar-refractivity contribution in [3.63, 3.8) is 0 Å². The van der Waals surface area contributed by atoms with E-state index in [4.69, 9.17) is 10.5 Å². The van der Waals surface area contributed by atoms with Crippen molar-refractivity contribution in [3.8, 4) is 17.6 Å². The van der Waals surface area contributed by atoms with Crippen LogP contribution in [-0.2, 0) is 6.61 Å². The topological polar surface area (TPSA) is 35.2 Å². The Morgan fingerprint density at radius 3 is 2.71 bits per heavy atom. The second-order valence-corrected chi connectivity index (χ2v) is 4.53. The maximum Gasteiger partial charge on any atom is 0.135 e. The molecule has 2 aromatic rings. The zero-order valence-corrected chi connectivity index (χ0v) is 11.6. The highest BCUT2D eigenvalue weighted by Gasteiger charge is 2.07. The van der Waals surface area contributed by atoms with Crippen molar-refractivity contribution in [1.82, 2.24) is 0 Å². The molecule has 2 N–H and O–H groups in total. The molecule has 0 heterocycles. The van der Waals surface area contributed by atoms with E-state index in [0.29, 0.717) is 11.3 Å². The standard InChI is InChI=1S/C17H15F2NO/c1-12-4-7-17(13(9-12)3-2-8-20)21-11-14-10-15(18)5-6-16(14)19/h4-7,9-10H,8,11,20H2,1H3. The van der Waals surface area contributed by atoms with Gasteiger partial charge in [0, 0.05) is 5.56 Å². The highest BCUT2D eigenvalue weighted by Crippen LogP contribution is 2.21. The van der Waals surface area contributed by atoms with Crippen molar-refractivity contribution in [2.75, 3.05) is 6.54 Å². The van der Waals surface area contributed by atoms with Crippen molar-refractivity contribution < 1.29 is 13.5 Å². The molecule has 0 bridgehead atoms. The molecule has 21 heavy (non-hydrogen) atoms. The van der Waals surface area contributed by atoms with E-state index in [0.717, 1.165) is 23.8 Å². The average molecular weight is 287 g/mol. The molecular formula is C17H15F2NO. The molecule has 0 radical (unpaired) electrons. The minimum absolute atomic E-state index is 0.0655. The Hall–Kier alpha value is -2.38. The van der Waals surface area contributed by atoms with Crippen LogP contribution in [0.2, 0.25) is 0 Å². The Labute approximate surface area is 122 Å². The van der Waals surface area contributed by atoms with E-state index < -0.39 is 11.6 Å². The van der Waals surface area contributed by atoms with Crippen molar-refractivity contribution >= 4 is 0 Å². The van der Waals surface area contributed by atoms with Crippen LogP contribution in [0.25, 0.3) is 0 Å². The summed E-state index contributed by atoms with van der Waals surface area (Å²) >= 11 is 0. The molecule has 0 aliphatic rings. The quantitative estimate of drug-likeness (QED) is 0.880. The van der Waals surface area contributed by atoms with Crippen molar-refractivity contribution in [1.29, 1.82) is 0 Å². The summed E-state index contributed by atoms with van der Waals surface area (Å²) in [5.41, 5.74) is 7.23. The predicted octanol–water partition coefficient (Wildman–Crippen LogP) is 3.16. The van der Waals surface area contributed by atoms with Gasteiger partial charge in [-0.3, -0.25) is 0 Å². The SMILES string of the molecule is Cc1ccc(OCc2cc(F)ccc2F)c(C#CCN)c1. The van der Waals surface area contributed by atoms with Gasteiger partial charge >= 0.3 is 0 Å². The molecule has 0 saturated carbocycles. The maximum atomic E-state index is 13.5. The summed E-state index contributed by atoms with van der Waals surface area (Å²) in [6.07, 6.45) is 0. The van der Waals surface area contributed by atoms with Crippen LogP contribution in [-0.4, -0.2) is 6.54 Å². The smallest absolute Gasteiger partial charge is 0.135 e. The lowest BCUT2D eigenvalue weighted by molar-refractivity contribution is 0.298. The molecule has 2 nitrogen and oxygen atoms in total. The van der Waals surface area contributed by atoms with Gasteiger partial charge in [0.15, 0.2) is 0 Å². The lowest BCUT2D eigenvalue weighted by Crippen LogP contribution is -2.01. The number of halogens is 2. The third-order valence-electron chi connectivity index (χ3n) is 2.85. The normalized spacial score (nSPS) is 9.90. The number of aryl methyl sites for hydroxylation is 1. The summed E-state index contributed by atoms with van der Waals surface area (Å²) in [5.74, 6) is 5.18. The van der Waals surface area contributed by atoms with Gasteiger partial charge in [-0.25, -0.2) is 8.78 Å². The van der Waals surface area contributed by atoms with Gasteiger partial charge in [0.25, 0.3) is 0 Å². The molecule has 4 heteroatoms. The van der Waals surface area contributed by atoms with Crippen LogP contribution in [0.3, 0.4) is 0 Å². The molecule has 0 saturated heterocycles. The number of hydrogen-bond donors (Lipinski definition) is 1. The summed E-state index contributed by atoms with van der Waals surface area (Å²) in [4.78, 5) is 0. The minimum Gasteiger partial charge on any atom is -0.487 e. The summed E-state index contributed by atoms with van der Waals surface area (Å²) in [6, 6.07) is 8.76. The Kier molecular flexibility index (Phi) is 4.91. The molecule has 2 aromatic carbocycles. The van der Waals surface area contributed by atoms with Crippen LogP contribution < -0.4 is 10.5 Å². The third-order valence-corrected chi connectivity index (χ3v) is 2.85.